The van der Waals surface area contributed by atoms with E-state index in [1.807, 2.05) is 12.2 Å². The molecule has 0 aliphatic carbocycles. The zero-order chi connectivity index (χ0) is 12.7. The first-order valence-corrected chi connectivity index (χ1v) is 6.29. The van der Waals surface area contributed by atoms with Crippen LogP contribution in [0.4, 0.5) is 0 Å². The molecule has 0 heterocycles. The van der Waals surface area contributed by atoms with E-state index in [0.717, 1.165) is 17.7 Å². The van der Waals surface area contributed by atoms with E-state index in [0.29, 0.717) is 5.75 Å². The number of allylic oxidation sites excluding steroid dienone is 1. The third kappa shape index (κ3) is 4.95. The predicted molar refractivity (Wildman–Crippen MR) is 71.4 cm³/mol. The Bertz CT molecular complexity index is 413. The molecule has 17 heavy (non-hydrogen) atoms. The molecule has 1 N–H and O–H groups in total. The predicted octanol–water partition coefficient (Wildman–Crippen LogP) is 3.08. The summed E-state index contributed by atoms with van der Waals surface area (Å²) >= 11 is 1.30. The number of phenols is 1. The van der Waals surface area contributed by atoms with Crippen molar-refractivity contribution in [2.24, 2.45) is 0 Å². The van der Waals surface area contributed by atoms with Crippen LogP contribution in [-0.2, 0) is 4.79 Å². The highest BCUT2D eigenvalue weighted by Gasteiger charge is 1.99. The van der Waals surface area contributed by atoms with Crippen molar-refractivity contribution in [1.29, 1.82) is 0 Å². The van der Waals surface area contributed by atoms with E-state index in [2.05, 4.69) is 0 Å². The molecule has 0 aromatic heterocycles. The Morgan fingerprint density at radius 1 is 1.53 bits per heavy atom. The van der Waals surface area contributed by atoms with Crippen molar-refractivity contribution >= 4 is 23.0 Å². The zero-order valence-electron chi connectivity index (χ0n) is 9.97. The molecule has 0 amide bonds. The number of ether oxygens (including phenoxy) is 1. The molecule has 0 saturated heterocycles. The first kappa shape index (κ1) is 13.6. The second-order valence-electron chi connectivity index (χ2n) is 3.46. The van der Waals surface area contributed by atoms with Gasteiger partial charge in [-0.15, -0.1) is 0 Å². The van der Waals surface area contributed by atoms with Gasteiger partial charge in [0.25, 0.3) is 0 Å². The highest BCUT2D eigenvalue weighted by atomic mass is 32.2. The fourth-order valence-electron chi connectivity index (χ4n) is 1.27. The average Bonchev–Trinajstić information content (AvgIpc) is 2.30. The van der Waals surface area contributed by atoms with Gasteiger partial charge < -0.3 is 9.84 Å². The Balaban J connectivity index is 2.55. The molecule has 92 valence electrons. The molecule has 0 aliphatic rings. The van der Waals surface area contributed by atoms with E-state index < -0.39 is 0 Å². The summed E-state index contributed by atoms with van der Waals surface area (Å²) in [5, 5.41) is 9.74. The second kappa shape index (κ2) is 7.01. The van der Waals surface area contributed by atoms with Gasteiger partial charge in [0.2, 0.25) is 0 Å². The average molecular weight is 252 g/mol. The third-order valence-electron chi connectivity index (χ3n) is 2.12. The molecule has 0 fully saturated rings. The first-order chi connectivity index (χ1) is 8.13. The van der Waals surface area contributed by atoms with Gasteiger partial charge in [-0.05, 0) is 24.6 Å². The number of carbonyl (C=O) groups is 1. The van der Waals surface area contributed by atoms with Crippen LogP contribution in [-0.4, -0.2) is 23.1 Å². The Labute approximate surface area is 105 Å². The van der Waals surface area contributed by atoms with Gasteiger partial charge in [0.15, 0.2) is 5.12 Å². The Kier molecular flexibility index (Phi) is 5.63. The highest BCUT2D eigenvalue weighted by Crippen LogP contribution is 2.24. The second-order valence-corrected chi connectivity index (χ2v) is 4.73. The number of rotatable bonds is 5. The minimum atomic E-state index is 0.127. The highest BCUT2D eigenvalue weighted by molar-refractivity contribution is 8.13. The molecule has 1 aromatic rings. The van der Waals surface area contributed by atoms with Crippen molar-refractivity contribution in [3.05, 3.63) is 29.8 Å². The lowest BCUT2D eigenvalue weighted by molar-refractivity contribution is -0.109. The van der Waals surface area contributed by atoms with Gasteiger partial charge in [-0.25, -0.2) is 0 Å². The van der Waals surface area contributed by atoms with Crippen LogP contribution >= 0.6 is 11.8 Å². The van der Waals surface area contributed by atoms with Crippen LogP contribution in [0.15, 0.2) is 24.3 Å². The summed E-state index contributed by atoms with van der Waals surface area (Å²) in [5.74, 6) is 1.69. The Morgan fingerprint density at radius 2 is 2.29 bits per heavy atom. The van der Waals surface area contributed by atoms with Crippen molar-refractivity contribution in [1.82, 2.24) is 0 Å². The van der Waals surface area contributed by atoms with E-state index in [1.54, 1.807) is 32.2 Å². The summed E-state index contributed by atoms with van der Waals surface area (Å²) in [6, 6.07) is 5.07. The lowest BCUT2D eigenvalue weighted by Gasteiger charge is -2.03. The fraction of sp³-hybridized carbons (Fsp3) is 0.308. The van der Waals surface area contributed by atoms with Crippen molar-refractivity contribution in [2.45, 2.75) is 13.3 Å². The molecule has 0 spiro atoms. The van der Waals surface area contributed by atoms with Crippen LogP contribution in [0.25, 0.3) is 6.08 Å². The van der Waals surface area contributed by atoms with Crippen LogP contribution in [0.5, 0.6) is 11.5 Å². The normalized spacial score (nSPS) is 10.7. The van der Waals surface area contributed by atoms with Crippen LogP contribution in [0.3, 0.4) is 0 Å². The van der Waals surface area contributed by atoms with Crippen molar-refractivity contribution < 1.29 is 14.6 Å². The summed E-state index contributed by atoms with van der Waals surface area (Å²) in [6.07, 6.45) is 4.56. The smallest absolute Gasteiger partial charge is 0.185 e. The molecule has 1 rings (SSSR count). The Hall–Kier alpha value is -1.42. The van der Waals surface area contributed by atoms with Crippen molar-refractivity contribution in [3.63, 3.8) is 0 Å². The van der Waals surface area contributed by atoms with Gasteiger partial charge in [-0.3, -0.25) is 4.79 Å². The van der Waals surface area contributed by atoms with Crippen molar-refractivity contribution in [2.75, 3.05) is 12.9 Å². The number of hydrogen-bond acceptors (Lipinski definition) is 4. The van der Waals surface area contributed by atoms with E-state index >= 15 is 0 Å². The minimum absolute atomic E-state index is 0.127. The summed E-state index contributed by atoms with van der Waals surface area (Å²) < 4.78 is 5.08. The fourth-order valence-corrected chi connectivity index (χ4v) is 1.82. The Morgan fingerprint density at radius 3 is 2.94 bits per heavy atom. The monoisotopic (exact) mass is 252 g/mol. The number of thioether (sulfide) groups is 1. The minimum Gasteiger partial charge on any atom is -0.507 e. The molecule has 1 aromatic carbocycles. The van der Waals surface area contributed by atoms with E-state index in [1.165, 1.54) is 11.8 Å². The van der Waals surface area contributed by atoms with Gasteiger partial charge in [0.05, 0.1) is 7.11 Å². The third-order valence-corrected chi connectivity index (χ3v) is 2.97. The van der Waals surface area contributed by atoms with Gasteiger partial charge in [-0.2, -0.15) is 0 Å². The molecular weight excluding hydrogens is 236 g/mol. The van der Waals surface area contributed by atoms with Crippen LogP contribution in [0.2, 0.25) is 0 Å². The molecule has 3 nitrogen and oxygen atoms in total. The molecule has 4 heteroatoms. The van der Waals surface area contributed by atoms with Gasteiger partial charge in [0.1, 0.15) is 11.5 Å². The molecular formula is C13H16O3S. The molecule has 0 atom stereocenters. The van der Waals surface area contributed by atoms with Crippen LogP contribution in [0, 0.1) is 0 Å². The summed E-state index contributed by atoms with van der Waals surface area (Å²) in [6.45, 7) is 1.56. The number of methoxy groups -OCH3 is 1. The maximum Gasteiger partial charge on any atom is 0.185 e. The number of aromatic hydroxyl groups is 1. The number of carbonyl (C=O) groups excluding carboxylic acids is 1. The molecule has 0 unspecified atom stereocenters. The van der Waals surface area contributed by atoms with E-state index in [-0.39, 0.29) is 10.9 Å². The SMILES string of the molecule is COc1ccc(O)c(C=CCCSC(C)=O)c1. The first-order valence-electron chi connectivity index (χ1n) is 5.30. The number of phenolic OH excluding ortho intramolecular Hbond substituents is 1. The lowest BCUT2D eigenvalue weighted by atomic mass is 10.1. The van der Waals surface area contributed by atoms with Gasteiger partial charge in [-0.1, -0.05) is 23.9 Å². The van der Waals surface area contributed by atoms with Crippen LogP contribution < -0.4 is 4.74 Å². The maximum absolute atomic E-state index is 10.7. The molecule has 0 aliphatic heterocycles. The van der Waals surface area contributed by atoms with E-state index in [9.17, 15) is 9.90 Å². The standard InChI is InChI=1S/C13H16O3S/c1-10(14)17-8-4-3-5-11-9-12(16-2)6-7-13(11)15/h3,5-7,9,15H,4,8H2,1-2H3. The maximum atomic E-state index is 10.7. The van der Waals surface area contributed by atoms with Crippen molar-refractivity contribution in [3.8, 4) is 11.5 Å². The van der Waals surface area contributed by atoms with Gasteiger partial charge in [0, 0.05) is 18.2 Å². The topological polar surface area (TPSA) is 46.5 Å². The number of hydrogen-bond donors (Lipinski definition) is 1. The van der Waals surface area contributed by atoms with Gasteiger partial charge >= 0.3 is 0 Å². The van der Waals surface area contributed by atoms with Crippen LogP contribution in [0.1, 0.15) is 18.9 Å². The quantitative estimate of drug-likeness (QED) is 0.818. The molecule has 0 bridgehead atoms. The summed E-state index contributed by atoms with van der Waals surface area (Å²) in [4.78, 5) is 10.7. The summed E-state index contributed by atoms with van der Waals surface area (Å²) in [7, 11) is 1.59. The number of benzene rings is 1. The zero-order valence-corrected chi connectivity index (χ0v) is 10.8. The molecule has 0 radical (unpaired) electrons. The summed E-state index contributed by atoms with van der Waals surface area (Å²) in [5.41, 5.74) is 0.720. The molecule has 0 saturated carbocycles. The largest absolute Gasteiger partial charge is 0.507 e. The lowest BCUT2D eigenvalue weighted by Crippen LogP contribution is -1.85. The van der Waals surface area contributed by atoms with E-state index in [4.69, 9.17) is 4.74 Å².